The van der Waals surface area contributed by atoms with Crippen molar-refractivity contribution in [2.75, 3.05) is 0 Å². The minimum Gasteiger partial charge on any atom is -1.00 e. The summed E-state index contributed by atoms with van der Waals surface area (Å²) in [6.07, 6.45) is 0. The number of hydrogen-bond acceptors (Lipinski definition) is 0. The molecule has 0 rings (SSSR count). The van der Waals surface area contributed by atoms with Crippen LogP contribution in [-0.2, 0) is 17.1 Å². The molecule has 1 nitrogen and oxygen atoms in total. The van der Waals surface area contributed by atoms with Crippen LogP contribution in [-0.4, -0.2) is 51.0 Å². The van der Waals surface area contributed by atoms with Gasteiger partial charge in [0.15, 0.2) is 0 Å². The molecule has 0 saturated heterocycles. The molecular formula is H4MnNdOSr. The molecule has 23 valence electrons. The zero-order valence-electron chi connectivity index (χ0n) is 4.09. The van der Waals surface area contributed by atoms with Gasteiger partial charge in [-0.2, -0.15) is 0 Å². The molecule has 4 heavy (non-hydrogen) atoms. The second-order valence-corrected chi connectivity index (χ2v) is 0. The Labute approximate surface area is 109 Å². The van der Waals surface area contributed by atoms with Gasteiger partial charge in [0.25, 0.3) is 0 Å². The number of rotatable bonds is 0. The summed E-state index contributed by atoms with van der Waals surface area (Å²) in [6.45, 7) is 0. The van der Waals surface area contributed by atoms with Gasteiger partial charge in [0.05, 0.1) is 0 Å². The van der Waals surface area contributed by atoms with E-state index in [4.69, 9.17) is 0 Å². The van der Waals surface area contributed by atoms with Crippen molar-refractivity contribution in [1.29, 1.82) is 0 Å². The van der Waals surface area contributed by atoms with Crippen LogP contribution < -0.4 is 0 Å². The van der Waals surface area contributed by atoms with E-state index in [-0.39, 0.29) is 112 Å². The van der Waals surface area contributed by atoms with Crippen LogP contribution in [0.5, 0.6) is 0 Å². The summed E-state index contributed by atoms with van der Waals surface area (Å²) < 4.78 is 0. The van der Waals surface area contributed by atoms with E-state index in [2.05, 4.69) is 0 Å². The van der Waals surface area contributed by atoms with Crippen LogP contribution in [0.2, 0.25) is 0 Å². The van der Waals surface area contributed by atoms with Crippen LogP contribution in [0.4, 0.5) is 0 Å². The maximum atomic E-state index is 0. The van der Waals surface area contributed by atoms with Gasteiger partial charge in [-0.05, 0) is 0 Å². The fraction of sp³-hybridized carbons (Fsp3) is 0. The Balaban J connectivity index is 0. The summed E-state index contributed by atoms with van der Waals surface area (Å²) in [5.74, 6) is 0. The van der Waals surface area contributed by atoms with Crippen molar-refractivity contribution < 1.29 is 66.2 Å². The van der Waals surface area contributed by atoms with Gasteiger partial charge in [-0.3, -0.25) is 0 Å². The van der Waals surface area contributed by atoms with E-state index in [0.29, 0.717) is 0 Å². The van der Waals surface area contributed by atoms with E-state index in [1.54, 1.807) is 0 Å². The minimum atomic E-state index is 0. The van der Waals surface area contributed by atoms with Crippen LogP contribution in [0, 0.1) is 40.8 Å². The van der Waals surface area contributed by atoms with Crippen molar-refractivity contribution >= 4 is 45.5 Å². The third kappa shape index (κ3) is 9.00. The third-order valence-electron chi connectivity index (χ3n) is 0. The summed E-state index contributed by atoms with van der Waals surface area (Å²) >= 11 is 0. The predicted molar refractivity (Wildman–Crippen MR) is 11.6 cm³/mol. The summed E-state index contributed by atoms with van der Waals surface area (Å²) in [5, 5.41) is 0. The molecule has 0 aliphatic carbocycles. The van der Waals surface area contributed by atoms with Gasteiger partial charge < -0.3 is 8.33 Å². The standard InChI is InChI=1S/Mn.Nd.H2O.Sr.2H/h;;1H2;;;/q;;;+2;2*-1. The van der Waals surface area contributed by atoms with Crippen LogP contribution >= 0.6 is 0 Å². The topological polar surface area (TPSA) is 31.5 Å². The second kappa shape index (κ2) is 16.2. The predicted octanol–water partition coefficient (Wildman–Crippen LogP) is -0.983. The first kappa shape index (κ1) is 26.6. The van der Waals surface area contributed by atoms with Gasteiger partial charge in [0.1, 0.15) is 0 Å². The Morgan fingerprint density at radius 3 is 1.25 bits per heavy atom. The van der Waals surface area contributed by atoms with Crippen molar-refractivity contribution in [2.45, 2.75) is 0 Å². The van der Waals surface area contributed by atoms with E-state index in [9.17, 15) is 0 Å². The maximum absolute atomic E-state index is 0. The first-order valence-electron chi connectivity index (χ1n) is 0. The van der Waals surface area contributed by atoms with Gasteiger partial charge >= 0.3 is 45.5 Å². The average Bonchev–Trinajstić information content (AvgIpc) is 0. The molecule has 0 amide bonds. The quantitative estimate of drug-likeness (QED) is 0.515. The molecule has 0 bridgehead atoms. The van der Waals surface area contributed by atoms with Gasteiger partial charge in [-0.1, -0.05) is 0 Å². The van der Waals surface area contributed by atoms with Crippen molar-refractivity contribution in [3.05, 3.63) is 0 Å². The Bertz CT molecular complexity index is 13.5. The molecule has 0 aromatic rings. The normalized spacial score (nSPS) is 0. The molecule has 0 unspecified atom stereocenters. The molecule has 0 aromatic carbocycles. The van der Waals surface area contributed by atoms with Crippen LogP contribution in [0.15, 0.2) is 0 Å². The largest absolute Gasteiger partial charge is 2.00 e. The van der Waals surface area contributed by atoms with Crippen molar-refractivity contribution in [3.8, 4) is 0 Å². The molecule has 0 saturated carbocycles. The molecular weight excluding hydrogens is 303 g/mol. The van der Waals surface area contributed by atoms with E-state index in [1.165, 1.54) is 0 Å². The molecule has 0 spiro atoms. The van der Waals surface area contributed by atoms with Crippen LogP contribution in [0.3, 0.4) is 0 Å². The molecule has 2 N–H and O–H groups in total. The first-order chi connectivity index (χ1) is 0. The molecule has 0 aliphatic heterocycles. The van der Waals surface area contributed by atoms with Crippen molar-refractivity contribution in [1.82, 2.24) is 0 Å². The smallest absolute Gasteiger partial charge is 1.00 e. The SMILES string of the molecule is O.[H-].[H-].[Mn].[Nd].[Sr+2]. The molecule has 0 atom stereocenters. The zero-order valence-corrected chi connectivity index (χ0v) is 9.95. The van der Waals surface area contributed by atoms with Gasteiger partial charge in [-0.25, -0.2) is 0 Å². The summed E-state index contributed by atoms with van der Waals surface area (Å²) in [5.41, 5.74) is 0. The van der Waals surface area contributed by atoms with Crippen LogP contribution in [0.25, 0.3) is 0 Å². The average molecular weight is 307 g/mol. The summed E-state index contributed by atoms with van der Waals surface area (Å²) in [4.78, 5) is 0. The van der Waals surface area contributed by atoms with Crippen molar-refractivity contribution in [3.63, 3.8) is 0 Å². The Morgan fingerprint density at radius 1 is 1.25 bits per heavy atom. The second-order valence-electron chi connectivity index (χ2n) is 0. The van der Waals surface area contributed by atoms with Crippen molar-refractivity contribution in [2.24, 2.45) is 0 Å². The van der Waals surface area contributed by atoms with E-state index >= 15 is 0 Å². The van der Waals surface area contributed by atoms with E-state index in [1.807, 2.05) is 0 Å². The molecule has 4 heteroatoms. The zero-order chi connectivity index (χ0) is 0. The van der Waals surface area contributed by atoms with Gasteiger partial charge in [0.2, 0.25) is 0 Å². The Morgan fingerprint density at radius 2 is 1.25 bits per heavy atom. The molecule has 0 aliphatic rings. The molecule has 1 radical (unpaired) electrons. The monoisotopic (exact) mass is 305 g/mol. The maximum Gasteiger partial charge on any atom is 2.00 e. The third-order valence-corrected chi connectivity index (χ3v) is 0. The Hall–Kier alpha value is 3.31. The molecule has 0 heterocycles. The first-order valence-corrected chi connectivity index (χ1v) is 0. The van der Waals surface area contributed by atoms with E-state index in [0.717, 1.165) is 0 Å². The van der Waals surface area contributed by atoms with Gasteiger partial charge in [0, 0.05) is 57.9 Å². The summed E-state index contributed by atoms with van der Waals surface area (Å²) in [6, 6.07) is 0. The number of hydrogen-bond donors (Lipinski definition) is 0. The Kier molecular flexibility index (Phi) is 108. The summed E-state index contributed by atoms with van der Waals surface area (Å²) in [7, 11) is 0. The van der Waals surface area contributed by atoms with Gasteiger partial charge in [-0.15, -0.1) is 0 Å². The molecule has 0 aromatic heterocycles. The van der Waals surface area contributed by atoms with E-state index < -0.39 is 0 Å². The van der Waals surface area contributed by atoms with Crippen LogP contribution in [0.1, 0.15) is 2.85 Å². The molecule has 0 fully saturated rings. The minimum absolute atomic E-state index is 0. The fourth-order valence-electron chi connectivity index (χ4n) is 0. The fourth-order valence-corrected chi connectivity index (χ4v) is 0.